The fourth-order valence-corrected chi connectivity index (χ4v) is 11.8. The molecule has 4 heterocycles. The molecule has 70 heavy (non-hydrogen) atoms. The third kappa shape index (κ3) is 4.99. The van der Waals surface area contributed by atoms with E-state index < -0.39 is 0 Å². The van der Waals surface area contributed by atoms with Crippen molar-refractivity contribution in [1.82, 2.24) is 18.3 Å². The molecule has 320 valence electrons. The van der Waals surface area contributed by atoms with Crippen LogP contribution >= 0.6 is 0 Å². The van der Waals surface area contributed by atoms with E-state index in [0.717, 1.165) is 120 Å². The maximum absolute atomic E-state index is 11.6. The lowest BCUT2D eigenvalue weighted by Gasteiger charge is -2.16. The summed E-state index contributed by atoms with van der Waals surface area (Å²) in [4.78, 5) is 0. The van der Waals surface area contributed by atoms with Gasteiger partial charge in [0.2, 0.25) is 0 Å². The molecule has 0 fully saturated rings. The largest absolute Gasteiger partial charge is 0.309 e. The monoisotopic (exact) mass is 886 g/mol. The number of benzene rings is 10. The zero-order valence-electron chi connectivity index (χ0n) is 37.3. The van der Waals surface area contributed by atoms with Crippen LogP contribution < -0.4 is 0 Å². The molecular weight excluding hydrogens is 853 g/mol. The second-order valence-corrected chi connectivity index (χ2v) is 18.1. The molecule has 4 aromatic heterocycles. The summed E-state index contributed by atoms with van der Waals surface area (Å²) in [6.07, 6.45) is 0. The Kier molecular flexibility index (Phi) is 7.74. The number of para-hydroxylation sites is 4. The van der Waals surface area contributed by atoms with E-state index in [1.54, 1.807) is 0 Å². The van der Waals surface area contributed by atoms with Crippen LogP contribution in [-0.4, -0.2) is 18.3 Å². The van der Waals surface area contributed by atoms with Crippen molar-refractivity contribution >= 4 is 109 Å². The van der Waals surface area contributed by atoms with Crippen LogP contribution in [0.3, 0.4) is 0 Å². The first-order valence-electron chi connectivity index (χ1n) is 23.4. The summed E-state index contributed by atoms with van der Waals surface area (Å²) in [6, 6.07) is 84.3. The standard InChI is InChI=1S/C64H34N6/c65-37-41-36-58(70-54-32-28-40-16-8-10-22-46(40)60(54)50-30-34-56-62(64(50)70)48-24-12-14-26-52(48)68(56)44-19-5-2-6-20-44)42(38-66)35-57(41)69-53-31-27-39-15-7-9-21-45(39)59(53)49-29-33-55-61(63(49)69)47-23-11-13-25-51(47)67(55)43-17-3-1-4-18-43/h1-27,29-31,33-36H. The molecule has 0 N–H and O–H groups in total. The van der Waals surface area contributed by atoms with E-state index in [0.29, 0.717) is 22.5 Å². The summed E-state index contributed by atoms with van der Waals surface area (Å²) < 4.78 is 9.06. The van der Waals surface area contributed by atoms with Crippen LogP contribution in [0.2, 0.25) is 0 Å². The lowest BCUT2D eigenvalue weighted by atomic mass is 10.0. The van der Waals surface area contributed by atoms with Gasteiger partial charge in [0.15, 0.2) is 0 Å². The van der Waals surface area contributed by atoms with Gasteiger partial charge in [-0.15, -0.1) is 0 Å². The van der Waals surface area contributed by atoms with E-state index >= 15 is 0 Å². The molecule has 0 amide bonds. The van der Waals surface area contributed by atoms with Gasteiger partial charge in [0.25, 0.3) is 0 Å². The summed E-state index contributed by atoms with van der Waals surface area (Å²) in [5, 5.41) is 35.9. The van der Waals surface area contributed by atoms with Crippen LogP contribution in [0.25, 0.3) is 132 Å². The highest BCUT2D eigenvalue weighted by molar-refractivity contribution is 6.31. The van der Waals surface area contributed by atoms with Gasteiger partial charge in [0, 0.05) is 65.2 Å². The van der Waals surface area contributed by atoms with Crippen LogP contribution in [0.15, 0.2) is 206 Å². The van der Waals surface area contributed by atoms with Gasteiger partial charge in [0.05, 0.1) is 61.1 Å². The van der Waals surface area contributed by atoms with Crippen LogP contribution in [0.5, 0.6) is 0 Å². The molecule has 0 saturated heterocycles. The predicted octanol–water partition coefficient (Wildman–Crippen LogP) is 15.7. The molecule has 0 radical (unpaired) electrons. The second kappa shape index (κ2) is 14.2. The average molecular weight is 887 g/mol. The van der Waals surface area contributed by atoms with Crippen molar-refractivity contribution in [1.29, 1.82) is 10.5 Å². The minimum absolute atomic E-state index is 0.424. The molecule has 0 unspecified atom stereocenters. The Bertz CT molecular complexity index is 4530. The highest BCUT2D eigenvalue weighted by atomic mass is 15.0. The van der Waals surface area contributed by atoms with E-state index in [1.165, 1.54) is 0 Å². The van der Waals surface area contributed by atoms with E-state index in [1.807, 2.05) is 30.3 Å². The zero-order chi connectivity index (χ0) is 46.2. The Hall–Kier alpha value is -10.1. The van der Waals surface area contributed by atoms with E-state index in [2.05, 4.69) is 218 Å². The molecule has 0 saturated carbocycles. The number of aromatic nitrogens is 4. The molecule has 0 aliphatic rings. The highest BCUT2D eigenvalue weighted by Gasteiger charge is 2.27. The van der Waals surface area contributed by atoms with E-state index in [-0.39, 0.29) is 0 Å². The summed E-state index contributed by atoms with van der Waals surface area (Å²) in [5.74, 6) is 0. The highest BCUT2D eigenvalue weighted by Crippen LogP contribution is 2.47. The maximum atomic E-state index is 11.6. The number of fused-ring (bicyclic) bond motifs is 18. The van der Waals surface area contributed by atoms with E-state index in [4.69, 9.17) is 0 Å². The van der Waals surface area contributed by atoms with Gasteiger partial charge in [-0.25, -0.2) is 0 Å². The minimum atomic E-state index is 0.424. The predicted molar refractivity (Wildman–Crippen MR) is 286 cm³/mol. The Balaban J connectivity index is 1.11. The minimum Gasteiger partial charge on any atom is -0.309 e. The van der Waals surface area contributed by atoms with Crippen LogP contribution in [0.1, 0.15) is 11.1 Å². The molecular formula is C64H34N6. The summed E-state index contributed by atoms with van der Waals surface area (Å²) in [6.45, 7) is 0. The van der Waals surface area contributed by atoms with Crippen molar-refractivity contribution in [2.24, 2.45) is 0 Å². The fourth-order valence-electron chi connectivity index (χ4n) is 11.8. The number of nitriles is 2. The Morgan fingerprint density at radius 1 is 0.329 bits per heavy atom. The Labute approximate surface area is 400 Å². The summed E-state index contributed by atoms with van der Waals surface area (Å²) >= 11 is 0. The molecule has 0 spiro atoms. The molecule has 11 aromatic carbocycles. The van der Waals surface area contributed by atoms with Crippen molar-refractivity contribution in [3.63, 3.8) is 0 Å². The first-order chi connectivity index (χ1) is 34.7. The topological polar surface area (TPSA) is 67.3 Å². The summed E-state index contributed by atoms with van der Waals surface area (Å²) in [5.41, 5.74) is 12.1. The van der Waals surface area contributed by atoms with Crippen molar-refractivity contribution < 1.29 is 0 Å². The van der Waals surface area contributed by atoms with Gasteiger partial charge < -0.3 is 13.7 Å². The maximum Gasteiger partial charge on any atom is 0.106 e. The van der Waals surface area contributed by atoms with Crippen LogP contribution in [0, 0.1) is 34.8 Å². The third-order valence-electron chi connectivity index (χ3n) is 14.6. The molecule has 15 rings (SSSR count). The second-order valence-electron chi connectivity index (χ2n) is 18.1. The normalized spacial score (nSPS) is 11.9. The van der Waals surface area contributed by atoms with Gasteiger partial charge in [0.1, 0.15) is 17.7 Å². The quantitative estimate of drug-likeness (QED) is 0.177. The van der Waals surface area contributed by atoms with Crippen molar-refractivity contribution in [2.75, 3.05) is 0 Å². The van der Waals surface area contributed by atoms with E-state index in [9.17, 15) is 10.5 Å². The molecule has 0 aliphatic heterocycles. The smallest absolute Gasteiger partial charge is 0.106 e. The van der Waals surface area contributed by atoms with Crippen LogP contribution in [0.4, 0.5) is 0 Å². The van der Waals surface area contributed by atoms with Crippen molar-refractivity contribution in [3.8, 4) is 34.9 Å². The van der Waals surface area contributed by atoms with Gasteiger partial charge >= 0.3 is 0 Å². The first kappa shape index (κ1) is 38.1. The molecule has 0 bridgehead atoms. The average Bonchev–Trinajstić information content (AvgIpc) is 4.16. The zero-order valence-corrected chi connectivity index (χ0v) is 37.3. The molecule has 6 heteroatoms. The van der Waals surface area contributed by atoms with Gasteiger partial charge in [-0.3, -0.25) is 4.57 Å². The first-order valence-corrected chi connectivity index (χ1v) is 23.4. The third-order valence-corrected chi connectivity index (χ3v) is 14.6. The molecule has 0 atom stereocenters. The van der Waals surface area contributed by atoms with Gasteiger partial charge in [-0.1, -0.05) is 140 Å². The molecule has 6 nitrogen and oxygen atoms in total. The number of rotatable bonds is 4. The molecule has 0 aliphatic carbocycles. The summed E-state index contributed by atoms with van der Waals surface area (Å²) in [7, 11) is 0. The Morgan fingerprint density at radius 3 is 1.41 bits per heavy atom. The fraction of sp³-hybridized carbons (Fsp3) is 0. The lowest BCUT2D eigenvalue weighted by Crippen LogP contribution is -2.04. The van der Waals surface area contributed by atoms with Crippen molar-refractivity contribution in [3.05, 3.63) is 230 Å². The van der Waals surface area contributed by atoms with Crippen molar-refractivity contribution in [2.45, 2.75) is 0 Å². The SMILES string of the molecule is N#Cc1cc(-n2c3ccc4ccccc4c3c3ccc4c(c5ccccc5n4-c4ccccc4)c32)c(C#N)cc1-n1c2c#cc3ccccc3c2c2ccc3c(c4ccccc4n3-c3ccccc3)c21. The number of nitrogens with zero attached hydrogens (tertiary/aromatic N) is 6. The number of hydrogen-bond donors (Lipinski definition) is 0. The number of hydrogen-bond acceptors (Lipinski definition) is 2. The van der Waals surface area contributed by atoms with Crippen LogP contribution in [-0.2, 0) is 0 Å². The Morgan fingerprint density at radius 2 is 0.800 bits per heavy atom. The van der Waals surface area contributed by atoms with Gasteiger partial charge in [-0.2, -0.15) is 10.5 Å². The lowest BCUT2D eigenvalue weighted by molar-refractivity contribution is 1.13. The van der Waals surface area contributed by atoms with Gasteiger partial charge in [-0.05, 0) is 89.6 Å². The molecule has 15 aromatic rings.